The monoisotopic (exact) mass is 1220 g/mol. The lowest BCUT2D eigenvalue weighted by molar-refractivity contribution is -0.144. The summed E-state index contributed by atoms with van der Waals surface area (Å²) in [6.07, 6.45) is -46.2. The minimum atomic E-state index is -5.68. The molecule has 0 N–H and O–H groups in total. The fraction of sp³-hybridized carbons (Fsp3) is 0.345. The van der Waals surface area contributed by atoms with Gasteiger partial charge in [-0.2, -0.15) is 105 Å². The summed E-state index contributed by atoms with van der Waals surface area (Å²) in [5, 5.41) is -5.48. The molecule has 0 fully saturated rings. The summed E-state index contributed by atoms with van der Waals surface area (Å²) in [6, 6.07) is 4.47. The Bertz CT molecular complexity index is 2960. The summed E-state index contributed by atoms with van der Waals surface area (Å²) >= 11 is 0. The van der Waals surface area contributed by atoms with Gasteiger partial charge in [0.2, 0.25) is 0 Å². The van der Waals surface area contributed by atoms with Gasteiger partial charge < -0.3 is 0 Å². The van der Waals surface area contributed by atoms with Crippen molar-refractivity contribution in [2.24, 2.45) is 0 Å². The molecule has 0 radical (unpaired) electrons. The zero-order valence-corrected chi connectivity index (χ0v) is 43.9. The van der Waals surface area contributed by atoms with Gasteiger partial charge in [0.05, 0.1) is 44.5 Å². The van der Waals surface area contributed by atoms with Gasteiger partial charge in [0, 0.05) is 5.41 Å². The van der Waals surface area contributed by atoms with Gasteiger partial charge in [-0.25, -0.2) is 0 Å². The Morgan fingerprint density at radius 3 is 0.642 bits per heavy atom. The zero-order valence-electron chi connectivity index (χ0n) is 42.1. The van der Waals surface area contributed by atoms with E-state index in [9.17, 15) is 105 Å². The molecule has 0 saturated carbocycles. The molecule has 0 nitrogen and oxygen atoms in total. The summed E-state index contributed by atoms with van der Waals surface area (Å²) in [4.78, 5) is 0. The van der Waals surface area contributed by atoms with Gasteiger partial charge in [0.25, 0.3) is 0 Å². The topological polar surface area (TPSA) is 0 Å². The Morgan fingerprint density at radius 1 is 0.284 bits per heavy atom. The molecule has 0 bridgehead atoms. The second-order valence-corrected chi connectivity index (χ2v) is 25.7. The van der Waals surface area contributed by atoms with Crippen LogP contribution in [0.4, 0.5) is 105 Å². The fourth-order valence-corrected chi connectivity index (χ4v) is 17.0. The predicted octanol–water partition coefficient (Wildman–Crippen LogP) is 17.6. The first-order valence-electron chi connectivity index (χ1n) is 23.5. The number of hydrogen-bond donors (Lipinski definition) is 0. The van der Waals surface area contributed by atoms with Gasteiger partial charge in [-0.1, -0.05) is 63.1 Å². The molecule has 436 valence electrons. The van der Waals surface area contributed by atoms with Crippen molar-refractivity contribution in [3.63, 3.8) is 0 Å². The van der Waals surface area contributed by atoms with Gasteiger partial charge in [0.15, 0.2) is 0 Å². The van der Waals surface area contributed by atoms with Crippen LogP contribution in [0, 0.1) is 13.8 Å². The number of hydrogen-bond acceptors (Lipinski definition) is 0. The van der Waals surface area contributed by atoms with Crippen LogP contribution in [-0.2, 0) is 65.7 Å². The van der Waals surface area contributed by atoms with E-state index in [1.807, 2.05) is 0 Å². The Balaban J connectivity index is 1.62. The highest BCUT2D eigenvalue weighted by molar-refractivity contribution is 7.80. The molecule has 0 heterocycles. The molecule has 2 aliphatic rings. The van der Waals surface area contributed by atoms with Crippen LogP contribution >= 0.6 is 15.8 Å². The van der Waals surface area contributed by atoms with Crippen molar-refractivity contribution in [2.45, 2.75) is 120 Å². The first kappa shape index (κ1) is 61.6. The van der Waals surface area contributed by atoms with E-state index in [2.05, 4.69) is 0 Å². The molecule has 2 aliphatic carbocycles. The van der Waals surface area contributed by atoms with Crippen LogP contribution < -0.4 is 31.8 Å². The highest BCUT2D eigenvalue weighted by atomic mass is 31.1. The van der Waals surface area contributed by atoms with E-state index >= 15 is 0 Å². The number of halogens is 24. The molecule has 26 heteroatoms. The van der Waals surface area contributed by atoms with Crippen molar-refractivity contribution in [2.75, 3.05) is 0 Å². The van der Waals surface area contributed by atoms with Crippen molar-refractivity contribution in [3.05, 3.63) is 175 Å². The molecule has 0 aromatic heterocycles. The van der Waals surface area contributed by atoms with E-state index in [-0.39, 0.29) is 119 Å². The minimum Gasteiger partial charge on any atom is -0.166 e. The smallest absolute Gasteiger partial charge is 0.166 e. The van der Waals surface area contributed by atoms with Crippen molar-refractivity contribution in [1.29, 1.82) is 0 Å². The average Bonchev–Trinajstić information content (AvgIpc) is 3.64. The molecular formula is C55H38F24P2. The van der Waals surface area contributed by atoms with Gasteiger partial charge >= 0.3 is 49.4 Å². The molecule has 6 aromatic rings. The maximum Gasteiger partial charge on any atom is 0.416 e. The largest absolute Gasteiger partial charge is 0.416 e. The van der Waals surface area contributed by atoms with E-state index in [4.69, 9.17) is 0 Å². The van der Waals surface area contributed by atoms with E-state index in [0.717, 1.165) is 12.1 Å². The van der Waals surface area contributed by atoms with Crippen LogP contribution in [0.25, 0.3) is 0 Å². The van der Waals surface area contributed by atoms with Gasteiger partial charge in [-0.15, -0.1) is 0 Å². The van der Waals surface area contributed by atoms with E-state index in [1.54, 1.807) is 0 Å². The molecule has 6 aromatic carbocycles. The summed E-state index contributed by atoms with van der Waals surface area (Å²) < 4.78 is 355. The Kier molecular flexibility index (Phi) is 14.7. The van der Waals surface area contributed by atoms with Crippen molar-refractivity contribution >= 4 is 47.7 Å². The Hall–Kier alpha value is -5.50. The summed E-state index contributed by atoms with van der Waals surface area (Å²) in [7, 11) is -7.21. The van der Waals surface area contributed by atoms with E-state index in [0.29, 0.717) is 0 Å². The standard InChI is InChI=1S/C55H38F24P2/c1-25-7-39-43(41(9-25)80(35-15-27(48(56,57)58)11-28(16-35)49(59,60)61)36-17-29(50(62,63)64)12-30(18-36)51(65,66)67)47(23-45(39,3)4)24-46(5,6)40-8-26(2)10-42(44(40)47)81(37-19-31(52(68,69)70)13-32(20-37)53(71,72)73)38-21-33(54(74,75)76)14-34(22-38)55(77,78)79/h7-22H,23-24H2,1-6H3. The predicted molar refractivity (Wildman–Crippen MR) is 256 cm³/mol. The highest BCUT2D eigenvalue weighted by Crippen LogP contribution is 2.65. The third-order valence-electron chi connectivity index (χ3n) is 14.2. The molecular weight excluding hydrogens is 1180 g/mol. The third kappa shape index (κ3) is 11.8. The van der Waals surface area contributed by atoms with Crippen LogP contribution in [0.1, 0.15) is 118 Å². The lowest BCUT2D eigenvalue weighted by Crippen LogP contribution is -2.37. The fourth-order valence-electron chi connectivity index (χ4n) is 11.3. The van der Waals surface area contributed by atoms with Crippen molar-refractivity contribution in [1.82, 2.24) is 0 Å². The lowest BCUT2D eigenvalue weighted by atomic mass is 9.72. The summed E-state index contributed by atoms with van der Waals surface area (Å²) in [5.74, 6) is 0. The summed E-state index contributed by atoms with van der Waals surface area (Å²) in [5.41, 5.74) is -21.5. The Morgan fingerprint density at radius 2 is 0.469 bits per heavy atom. The van der Waals surface area contributed by atoms with E-state index < -0.39 is 158 Å². The van der Waals surface area contributed by atoms with Crippen LogP contribution in [0.2, 0.25) is 0 Å². The van der Waals surface area contributed by atoms with Gasteiger partial charge in [-0.3, -0.25) is 0 Å². The first-order chi connectivity index (χ1) is 36.4. The lowest BCUT2D eigenvalue weighted by Gasteiger charge is -2.36. The molecule has 0 amide bonds. The number of fused-ring (bicyclic) bond motifs is 4. The second-order valence-electron chi connectivity index (χ2n) is 21.3. The van der Waals surface area contributed by atoms with Crippen molar-refractivity contribution in [3.8, 4) is 0 Å². The summed E-state index contributed by atoms with van der Waals surface area (Å²) in [6.45, 7) is 8.68. The van der Waals surface area contributed by atoms with Gasteiger partial charge in [-0.05, 0) is 180 Å². The van der Waals surface area contributed by atoms with Crippen LogP contribution in [0.15, 0.2) is 97.1 Å². The van der Waals surface area contributed by atoms with Crippen LogP contribution in [0.5, 0.6) is 0 Å². The number of alkyl halides is 24. The molecule has 0 unspecified atom stereocenters. The molecule has 1 spiro atoms. The number of benzene rings is 6. The number of rotatable bonds is 6. The molecule has 0 saturated heterocycles. The van der Waals surface area contributed by atoms with Gasteiger partial charge in [0.1, 0.15) is 0 Å². The van der Waals surface area contributed by atoms with Crippen molar-refractivity contribution < 1.29 is 105 Å². The van der Waals surface area contributed by atoms with E-state index in [1.165, 1.54) is 53.7 Å². The van der Waals surface area contributed by atoms with Crippen LogP contribution in [0.3, 0.4) is 0 Å². The molecule has 8 rings (SSSR count). The maximum atomic E-state index is 14.8. The van der Waals surface area contributed by atoms with Crippen LogP contribution in [-0.4, -0.2) is 0 Å². The Labute approximate surface area is 447 Å². The highest BCUT2D eigenvalue weighted by Gasteiger charge is 2.60. The average molecular weight is 1220 g/mol. The molecule has 81 heavy (non-hydrogen) atoms. The SMILES string of the molecule is Cc1cc(P(c2cc(C(F)(F)F)cc(C(F)(F)F)c2)c2cc(C(F)(F)F)cc(C(F)(F)F)c2)c2c(c1)C(C)(C)CC21CC(C)(C)c2cc(C)cc(P(c3cc(C(F)(F)F)cc(C(F)(F)F)c3)c3cc(C(F)(F)F)cc(C(F)(F)F)c3)c21. The molecule has 0 aliphatic heterocycles. The quantitative estimate of drug-likeness (QED) is 0.115. The normalized spacial score (nSPS) is 16.7. The second kappa shape index (κ2) is 19.3. The third-order valence-corrected chi connectivity index (χ3v) is 19.0. The number of aryl methyl sites for hydroxylation is 2. The molecule has 0 atom stereocenters. The zero-order chi connectivity index (χ0) is 60.9. The maximum absolute atomic E-state index is 14.8. The first-order valence-corrected chi connectivity index (χ1v) is 26.2. The minimum absolute atomic E-state index is 0.0589.